The quantitative estimate of drug-likeness (QED) is 0.304. The van der Waals surface area contributed by atoms with Crippen molar-refractivity contribution in [1.82, 2.24) is 0 Å². The molecule has 2 N–H and O–H groups in total. The van der Waals surface area contributed by atoms with Crippen LogP contribution < -0.4 is 11.2 Å². The van der Waals surface area contributed by atoms with Crippen LogP contribution in [-0.4, -0.2) is 7.85 Å². The Morgan fingerprint density at radius 3 is 2.43 bits per heavy atom. The van der Waals surface area contributed by atoms with Crippen molar-refractivity contribution in [3.05, 3.63) is 22.6 Å². The number of unbranched alkanes of at least 4 members (excludes halogenated alkanes) is 5. The third kappa shape index (κ3) is 5.52. The molecule has 3 nitrogen and oxygen atoms in total. The topological polar surface area (TPSA) is 55.4 Å². The second kappa shape index (κ2) is 9.59. The van der Waals surface area contributed by atoms with Gasteiger partial charge in [-0.05, 0) is 35.6 Å². The molecule has 0 aliphatic rings. The van der Waals surface area contributed by atoms with Gasteiger partial charge in [0.25, 0.3) is 0 Å². The van der Waals surface area contributed by atoms with Crippen LogP contribution in [0.1, 0.15) is 76.7 Å². The molecule has 4 heteroatoms. The van der Waals surface area contributed by atoms with Gasteiger partial charge in [0.05, 0.1) is 5.69 Å². The zero-order valence-electron chi connectivity index (χ0n) is 13.8. The maximum Gasteiger partial charge on any atom is 0.139 e. The summed E-state index contributed by atoms with van der Waals surface area (Å²) in [5, 5.41) is 3.17. The fourth-order valence-electron chi connectivity index (χ4n) is 3.00. The normalized spacial score (nSPS) is 12.3. The molecule has 0 radical (unpaired) electrons. The van der Waals surface area contributed by atoms with Crippen LogP contribution in [-0.2, 0) is 0 Å². The number of anilines is 1. The Balaban J connectivity index is 2.65. The zero-order chi connectivity index (χ0) is 15.7. The Labute approximate surface area is 130 Å². The summed E-state index contributed by atoms with van der Waals surface area (Å²) in [5.41, 5.74) is 9.06. The van der Waals surface area contributed by atoms with E-state index < -0.39 is 0 Å². The van der Waals surface area contributed by atoms with E-state index in [2.05, 4.69) is 25.1 Å². The smallest absolute Gasteiger partial charge is 0.139 e. The van der Waals surface area contributed by atoms with Gasteiger partial charge in [-0.2, -0.15) is 0 Å². The molecule has 0 saturated heterocycles. The highest BCUT2D eigenvalue weighted by atomic mass is 16.3. The molecule has 0 fully saturated rings. The number of nitrogens with zero attached hydrogens (tertiary/aromatic N) is 1. The first-order valence-electron chi connectivity index (χ1n) is 8.37. The fourth-order valence-corrected chi connectivity index (χ4v) is 3.00. The van der Waals surface area contributed by atoms with Crippen LogP contribution in [0.25, 0.3) is 0 Å². The van der Waals surface area contributed by atoms with Gasteiger partial charge in [0.2, 0.25) is 0 Å². The Hall–Kier alpha value is -1.32. The number of hydrogen-bond donors (Lipinski definition) is 1. The van der Waals surface area contributed by atoms with Crippen molar-refractivity contribution in [3.63, 3.8) is 0 Å². The molecule has 0 heterocycles. The van der Waals surface area contributed by atoms with Crippen molar-refractivity contribution in [1.29, 1.82) is 0 Å². The van der Waals surface area contributed by atoms with E-state index in [1.165, 1.54) is 38.5 Å². The molecule has 0 amide bonds. The second-order valence-corrected chi connectivity index (χ2v) is 6.04. The first kappa shape index (κ1) is 17.7. The number of benzene rings is 1. The average Bonchev–Trinajstić information content (AvgIpc) is 2.46. The molecule has 1 aromatic carbocycles. The van der Waals surface area contributed by atoms with E-state index in [0.29, 0.717) is 17.3 Å². The lowest BCUT2D eigenvalue weighted by atomic mass is 9.84. The van der Waals surface area contributed by atoms with Gasteiger partial charge < -0.3 is 5.73 Å². The first-order valence-corrected chi connectivity index (χ1v) is 8.37. The van der Waals surface area contributed by atoms with E-state index in [9.17, 15) is 4.91 Å². The van der Waals surface area contributed by atoms with Crippen molar-refractivity contribution in [2.24, 2.45) is 5.18 Å². The van der Waals surface area contributed by atoms with Crippen LogP contribution in [0.4, 0.5) is 11.4 Å². The lowest BCUT2D eigenvalue weighted by Crippen LogP contribution is -2.09. The lowest BCUT2D eigenvalue weighted by Gasteiger charge is -2.18. The summed E-state index contributed by atoms with van der Waals surface area (Å²) >= 11 is 0. The van der Waals surface area contributed by atoms with Crippen LogP contribution in [0.15, 0.2) is 17.3 Å². The maximum absolute atomic E-state index is 11.1. The van der Waals surface area contributed by atoms with Gasteiger partial charge in [0, 0.05) is 0 Å². The second-order valence-electron chi connectivity index (χ2n) is 6.04. The van der Waals surface area contributed by atoms with Gasteiger partial charge in [-0.25, -0.2) is 0 Å². The molecule has 0 aliphatic carbocycles. The summed E-state index contributed by atoms with van der Waals surface area (Å²) in [4.78, 5) is 11.1. The van der Waals surface area contributed by atoms with Crippen LogP contribution >= 0.6 is 0 Å². The molecular formula is C17H29BN2O. The van der Waals surface area contributed by atoms with Crippen molar-refractivity contribution in [2.75, 3.05) is 5.73 Å². The number of rotatable bonds is 10. The molecule has 0 bridgehead atoms. The predicted molar refractivity (Wildman–Crippen MR) is 95.5 cm³/mol. The fraction of sp³-hybridized carbons (Fsp3) is 0.647. The molecule has 1 unspecified atom stereocenters. The van der Waals surface area contributed by atoms with Gasteiger partial charge in [0.15, 0.2) is 0 Å². The zero-order valence-corrected chi connectivity index (χ0v) is 13.8. The van der Waals surface area contributed by atoms with Crippen LogP contribution in [0, 0.1) is 4.91 Å². The molecule has 21 heavy (non-hydrogen) atoms. The molecule has 0 aliphatic heterocycles. The number of nitrogens with two attached hydrogens (primary N) is 1. The molecule has 0 saturated carbocycles. The van der Waals surface area contributed by atoms with Gasteiger partial charge >= 0.3 is 0 Å². The van der Waals surface area contributed by atoms with Gasteiger partial charge in [-0.15, -0.1) is 4.91 Å². The molecule has 116 valence electrons. The average molecular weight is 288 g/mol. The minimum absolute atomic E-state index is 0.395. The van der Waals surface area contributed by atoms with Crippen molar-refractivity contribution in [2.45, 2.75) is 71.1 Å². The molecular weight excluding hydrogens is 259 g/mol. The molecule has 1 atom stereocenters. The summed E-state index contributed by atoms with van der Waals surface area (Å²) in [6, 6.07) is 3.91. The Bertz CT molecular complexity index is 449. The van der Waals surface area contributed by atoms with E-state index in [0.717, 1.165) is 23.9 Å². The van der Waals surface area contributed by atoms with E-state index in [-0.39, 0.29) is 0 Å². The Morgan fingerprint density at radius 1 is 1.14 bits per heavy atom. The number of nitroso groups, excluding NO2 is 1. The first-order chi connectivity index (χ1) is 10.1. The SMILES string of the molecule is Bc1cc(N)c(N=O)c(C(CC)CCCCCCCC)c1. The van der Waals surface area contributed by atoms with E-state index >= 15 is 0 Å². The third-order valence-electron chi connectivity index (χ3n) is 4.24. The minimum Gasteiger partial charge on any atom is -0.397 e. The van der Waals surface area contributed by atoms with Crippen LogP contribution in [0.3, 0.4) is 0 Å². The highest BCUT2D eigenvalue weighted by Gasteiger charge is 2.17. The minimum atomic E-state index is 0.395. The van der Waals surface area contributed by atoms with Crippen LogP contribution in [0.5, 0.6) is 0 Å². The van der Waals surface area contributed by atoms with E-state index in [4.69, 9.17) is 5.73 Å². The number of nitrogen functional groups attached to an aromatic ring is 1. The highest BCUT2D eigenvalue weighted by molar-refractivity contribution is 6.32. The summed E-state index contributed by atoms with van der Waals surface area (Å²) < 4.78 is 0. The summed E-state index contributed by atoms with van der Waals surface area (Å²) in [5.74, 6) is 0.395. The van der Waals surface area contributed by atoms with Gasteiger partial charge in [-0.3, -0.25) is 0 Å². The number of hydrogen-bond acceptors (Lipinski definition) is 3. The molecule has 0 aromatic heterocycles. The largest absolute Gasteiger partial charge is 0.397 e. The highest BCUT2D eigenvalue weighted by Crippen LogP contribution is 2.36. The van der Waals surface area contributed by atoms with Gasteiger partial charge in [-0.1, -0.05) is 63.9 Å². The summed E-state index contributed by atoms with van der Waals surface area (Å²) in [6.07, 6.45) is 9.93. The van der Waals surface area contributed by atoms with E-state index in [1.807, 2.05) is 13.9 Å². The molecule has 1 rings (SSSR count). The maximum atomic E-state index is 11.1. The van der Waals surface area contributed by atoms with Crippen LogP contribution in [0.2, 0.25) is 0 Å². The molecule has 1 aromatic rings. The standard InChI is InChI=1S/C17H29BN2O/c1-3-5-6-7-8-9-10-13(4-2)15-11-14(18)12-16(19)17(15)20-21/h11-13H,3-10,18-19H2,1-2H3. The third-order valence-corrected chi connectivity index (χ3v) is 4.24. The van der Waals surface area contributed by atoms with Crippen molar-refractivity contribution < 1.29 is 0 Å². The monoisotopic (exact) mass is 288 g/mol. The predicted octanol–water partition coefficient (Wildman–Crippen LogP) is 4.17. The molecule has 0 spiro atoms. The van der Waals surface area contributed by atoms with E-state index in [1.54, 1.807) is 0 Å². The summed E-state index contributed by atoms with van der Waals surface area (Å²) in [7, 11) is 2.02. The van der Waals surface area contributed by atoms with Crippen molar-refractivity contribution >= 4 is 24.7 Å². The Kier molecular flexibility index (Phi) is 8.10. The lowest BCUT2D eigenvalue weighted by molar-refractivity contribution is 0.530. The van der Waals surface area contributed by atoms with Crippen molar-refractivity contribution in [3.8, 4) is 0 Å². The Morgan fingerprint density at radius 2 is 1.81 bits per heavy atom. The van der Waals surface area contributed by atoms with Gasteiger partial charge in [0.1, 0.15) is 13.5 Å². The summed E-state index contributed by atoms with van der Waals surface area (Å²) in [6.45, 7) is 4.41.